The van der Waals surface area contributed by atoms with Gasteiger partial charge in [0.15, 0.2) is 5.13 Å². The fourth-order valence-electron chi connectivity index (χ4n) is 3.64. The largest absolute Gasteiger partial charge is 0.497 e. The standard InChI is InChI=1S/C22H22BrN3O5S2/c1-30-15-7-9-16(10-8-15)33(28,29)26-12-11-25(13-20(26)21(27)31-2)22-24-19(14-32-22)17-5-3-4-6-18(17)23/h3-10,14,20H,11-13H2,1-2H3. The van der Waals surface area contributed by atoms with Crippen molar-refractivity contribution < 1.29 is 22.7 Å². The van der Waals surface area contributed by atoms with Gasteiger partial charge in [0.1, 0.15) is 11.8 Å². The molecule has 1 aromatic heterocycles. The minimum atomic E-state index is -3.91. The molecule has 11 heteroatoms. The minimum absolute atomic E-state index is 0.0936. The summed E-state index contributed by atoms with van der Waals surface area (Å²) in [7, 11) is -1.14. The third-order valence-electron chi connectivity index (χ3n) is 5.38. The van der Waals surface area contributed by atoms with Crippen LogP contribution in [0, 0.1) is 0 Å². The number of carbonyl (C=O) groups is 1. The number of benzene rings is 2. The molecule has 3 aromatic rings. The minimum Gasteiger partial charge on any atom is -0.497 e. The van der Waals surface area contributed by atoms with Crippen LogP contribution in [0.5, 0.6) is 5.75 Å². The predicted octanol–water partition coefficient (Wildman–Crippen LogP) is 3.63. The van der Waals surface area contributed by atoms with E-state index in [0.717, 1.165) is 20.9 Å². The van der Waals surface area contributed by atoms with Crippen LogP contribution >= 0.6 is 27.3 Å². The molecule has 0 bridgehead atoms. The molecular weight excluding hydrogens is 530 g/mol. The molecule has 0 saturated carbocycles. The van der Waals surface area contributed by atoms with Crippen LogP contribution in [0.2, 0.25) is 0 Å². The van der Waals surface area contributed by atoms with Crippen molar-refractivity contribution in [3.8, 4) is 17.0 Å². The van der Waals surface area contributed by atoms with Crippen LogP contribution in [0.4, 0.5) is 5.13 Å². The van der Waals surface area contributed by atoms with E-state index in [1.54, 1.807) is 12.1 Å². The highest BCUT2D eigenvalue weighted by Gasteiger charge is 2.41. The Kier molecular flexibility index (Phi) is 7.03. The molecule has 1 unspecified atom stereocenters. The maximum absolute atomic E-state index is 13.3. The first-order valence-corrected chi connectivity index (χ1v) is 13.2. The summed E-state index contributed by atoms with van der Waals surface area (Å²) >= 11 is 5.00. The van der Waals surface area contributed by atoms with Crippen LogP contribution in [-0.4, -0.2) is 63.6 Å². The molecule has 4 rings (SSSR count). The van der Waals surface area contributed by atoms with Crippen LogP contribution in [0.25, 0.3) is 11.3 Å². The van der Waals surface area contributed by atoms with E-state index >= 15 is 0 Å². The van der Waals surface area contributed by atoms with Gasteiger partial charge in [0, 0.05) is 35.1 Å². The predicted molar refractivity (Wildman–Crippen MR) is 130 cm³/mol. The number of methoxy groups -OCH3 is 2. The lowest BCUT2D eigenvalue weighted by Crippen LogP contribution is -2.58. The monoisotopic (exact) mass is 551 g/mol. The molecule has 2 aromatic carbocycles. The van der Waals surface area contributed by atoms with Gasteiger partial charge in [0.05, 0.1) is 24.8 Å². The number of halogens is 1. The first-order chi connectivity index (χ1) is 15.8. The normalized spacial score (nSPS) is 17.1. The van der Waals surface area contributed by atoms with Crippen LogP contribution in [0.15, 0.2) is 63.3 Å². The number of anilines is 1. The van der Waals surface area contributed by atoms with Gasteiger partial charge in [-0.3, -0.25) is 4.79 Å². The lowest BCUT2D eigenvalue weighted by Gasteiger charge is -2.38. The van der Waals surface area contributed by atoms with Crippen molar-refractivity contribution in [2.24, 2.45) is 0 Å². The summed E-state index contributed by atoms with van der Waals surface area (Å²) in [6, 6.07) is 12.9. The molecule has 0 radical (unpaired) electrons. The van der Waals surface area contributed by atoms with E-state index in [4.69, 9.17) is 14.5 Å². The number of hydrogen-bond donors (Lipinski definition) is 0. The third-order valence-corrected chi connectivity index (χ3v) is 8.90. The summed E-state index contributed by atoms with van der Waals surface area (Å²) < 4.78 is 38.9. The Labute approximate surface area is 204 Å². The highest BCUT2D eigenvalue weighted by Crippen LogP contribution is 2.33. The van der Waals surface area contributed by atoms with Gasteiger partial charge in [-0.05, 0) is 30.3 Å². The van der Waals surface area contributed by atoms with Gasteiger partial charge in [0.2, 0.25) is 10.0 Å². The molecule has 33 heavy (non-hydrogen) atoms. The number of nitrogens with zero attached hydrogens (tertiary/aromatic N) is 3. The number of piperazine rings is 1. The third kappa shape index (κ3) is 4.77. The van der Waals surface area contributed by atoms with Crippen LogP contribution in [0.3, 0.4) is 0 Å². The van der Waals surface area contributed by atoms with Crippen molar-refractivity contribution in [3.05, 3.63) is 58.4 Å². The van der Waals surface area contributed by atoms with E-state index in [1.807, 2.05) is 34.5 Å². The maximum atomic E-state index is 13.3. The molecule has 1 saturated heterocycles. The molecule has 0 amide bonds. The van der Waals surface area contributed by atoms with Crippen LogP contribution in [0.1, 0.15) is 0 Å². The van der Waals surface area contributed by atoms with Crippen molar-refractivity contribution >= 4 is 48.4 Å². The Morgan fingerprint density at radius 2 is 1.85 bits per heavy atom. The molecular formula is C22H22BrN3O5S2. The van der Waals surface area contributed by atoms with Crippen molar-refractivity contribution in [1.29, 1.82) is 0 Å². The number of carbonyl (C=O) groups excluding carboxylic acids is 1. The van der Waals surface area contributed by atoms with E-state index < -0.39 is 22.0 Å². The first kappa shape index (κ1) is 23.7. The van der Waals surface area contributed by atoms with Crippen molar-refractivity contribution in [1.82, 2.24) is 9.29 Å². The van der Waals surface area contributed by atoms with Gasteiger partial charge >= 0.3 is 5.97 Å². The molecule has 8 nitrogen and oxygen atoms in total. The van der Waals surface area contributed by atoms with E-state index in [2.05, 4.69) is 15.9 Å². The Hall–Kier alpha value is -2.47. The number of thiazole rings is 1. The Morgan fingerprint density at radius 1 is 1.12 bits per heavy atom. The Bertz CT molecular complexity index is 1250. The Morgan fingerprint density at radius 3 is 2.52 bits per heavy atom. The summed E-state index contributed by atoms with van der Waals surface area (Å²) in [4.78, 5) is 19.4. The summed E-state index contributed by atoms with van der Waals surface area (Å²) in [5.41, 5.74) is 1.77. The average Bonchev–Trinajstić information content (AvgIpc) is 3.33. The van der Waals surface area contributed by atoms with E-state index in [-0.39, 0.29) is 18.0 Å². The van der Waals surface area contributed by atoms with Gasteiger partial charge in [0.25, 0.3) is 0 Å². The highest BCUT2D eigenvalue weighted by molar-refractivity contribution is 9.10. The number of aromatic nitrogens is 1. The fourth-order valence-corrected chi connectivity index (χ4v) is 6.55. The van der Waals surface area contributed by atoms with E-state index in [9.17, 15) is 13.2 Å². The smallest absolute Gasteiger partial charge is 0.326 e. The van der Waals surface area contributed by atoms with Gasteiger partial charge in [-0.15, -0.1) is 11.3 Å². The number of rotatable bonds is 6. The first-order valence-electron chi connectivity index (χ1n) is 10.0. The van der Waals surface area contributed by atoms with Gasteiger partial charge in [-0.25, -0.2) is 13.4 Å². The molecule has 0 N–H and O–H groups in total. The topological polar surface area (TPSA) is 89.0 Å². The molecule has 1 aliphatic heterocycles. The molecule has 2 heterocycles. The SMILES string of the molecule is COC(=O)C1CN(c2nc(-c3ccccc3Br)cs2)CCN1S(=O)(=O)c1ccc(OC)cc1. The van der Waals surface area contributed by atoms with Crippen molar-refractivity contribution in [2.45, 2.75) is 10.9 Å². The second kappa shape index (κ2) is 9.80. The summed E-state index contributed by atoms with van der Waals surface area (Å²) in [6.07, 6.45) is 0. The zero-order chi connectivity index (χ0) is 23.6. The maximum Gasteiger partial charge on any atom is 0.326 e. The summed E-state index contributed by atoms with van der Waals surface area (Å²) in [5, 5.41) is 2.67. The van der Waals surface area contributed by atoms with E-state index in [1.165, 1.54) is 42.0 Å². The zero-order valence-electron chi connectivity index (χ0n) is 18.0. The van der Waals surface area contributed by atoms with Gasteiger partial charge in [-0.2, -0.15) is 4.31 Å². The molecule has 174 valence electrons. The van der Waals surface area contributed by atoms with Crippen LogP contribution < -0.4 is 9.64 Å². The highest BCUT2D eigenvalue weighted by atomic mass is 79.9. The van der Waals surface area contributed by atoms with Crippen LogP contribution in [-0.2, 0) is 19.6 Å². The van der Waals surface area contributed by atoms with Gasteiger partial charge < -0.3 is 14.4 Å². The van der Waals surface area contributed by atoms with Crippen molar-refractivity contribution in [3.63, 3.8) is 0 Å². The summed E-state index contributed by atoms with van der Waals surface area (Å²) in [6.45, 7) is 0.662. The molecule has 0 aliphatic carbocycles. The average molecular weight is 552 g/mol. The Balaban J connectivity index is 1.60. The second-order valence-electron chi connectivity index (χ2n) is 7.27. The number of ether oxygens (including phenoxy) is 2. The lowest BCUT2D eigenvalue weighted by molar-refractivity contribution is -0.145. The zero-order valence-corrected chi connectivity index (χ0v) is 21.2. The quantitative estimate of drug-likeness (QED) is 0.432. The molecule has 1 atom stereocenters. The lowest BCUT2D eigenvalue weighted by atomic mass is 10.2. The summed E-state index contributed by atoms with van der Waals surface area (Å²) in [5.74, 6) is -0.0627. The molecule has 1 fully saturated rings. The molecule has 0 spiro atoms. The van der Waals surface area contributed by atoms with E-state index in [0.29, 0.717) is 12.3 Å². The number of hydrogen-bond acceptors (Lipinski definition) is 8. The second-order valence-corrected chi connectivity index (χ2v) is 10.9. The number of sulfonamides is 1. The number of esters is 1. The fraction of sp³-hybridized carbons (Fsp3) is 0.273. The van der Waals surface area contributed by atoms with Gasteiger partial charge in [-0.1, -0.05) is 34.1 Å². The van der Waals surface area contributed by atoms with Crippen molar-refractivity contribution in [2.75, 3.05) is 38.8 Å². The molecule has 1 aliphatic rings.